The zero-order valence-corrected chi connectivity index (χ0v) is 20.4. The summed E-state index contributed by atoms with van der Waals surface area (Å²) in [7, 11) is 0. The highest BCUT2D eigenvalue weighted by molar-refractivity contribution is 5.88. The number of esters is 1. The third kappa shape index (κ3) is 13.7. The maximum absolute atomic E-state index is 12.3. The van der Waals surface area contributed by atoms with E-state index in [4.69, 9.17) is 14.9 Å². The van der Waals surface area contributed by atoms with Gasteiger partial charge in [0, 0.05) is 0 Å². The first-order valence-corrected chi connectivity index (χ1v) is 12.5. The van der Waals surface area contributed by atoms with Crippen molar-refractivity contribution in [1.82, 2.24) is 0 Å². The van der Waals surface area contributed by atoms with Gasteiger partial charge >= 0.3 is 17.9 Å². The minimum absolute atomic E-state index is 0.183. The molecule has 7 nitrogen and oxygen atoms in total. The third-order valence-corrected chi connectivity index (χ3v) is 6.28. The van der Waals surface area contributed by atoms with Gasteiger partial charge in [0.2, 0.25) is 0 Å². The molecule has 0 aromatic heterocycles. The van der Waals surface area contributed by atoms with Crippen LogP contribution in [0.15, 0.2) is 0 Å². The maximum Gasteiger partial charge on any atom is 0.336 e. The minimum Gasteiger partial charge on any atom is -0.481 e. The van der Waals surface area contributed by atoms with Crippen molar-refractivity contribution in [1.29, 1.82) is 0 Å². The number of carboxylic acids is 2. The van der Waals surface area contributed by atoms with Crippen LogP contribution in [0.25, 0.3) is 0 Å². The lowest BCUT2D eigenvalue weighted by Crippen LogP contribution is -2.43. The number of carbonyl (C=O) groups excluding carboxylic acids is 1. The van der Waals surface area contributed by atoms with Crippen LogP contribution in [0.5, 0.6) is 0 Å². The number of aliphatic carboxylic acids is 2. The highest BCUT2D eigenvalue weighted by Gasteiger charge is 2.41. The zero-order chi connectivity index (χ0) is 24.4. The summed E-state index contributed by atoms with van der Waals surface area (Å²) in [5, 5.41) is 28.1. The lowest BCUT2D eigenvalue weighted by molar-refractivity contribution is -0.172. The monoisotopic (exact) mass is 458 g/mol. The molecule has 32 heavy (non-hydrogen) atoms. The molecule has 0 aliphatic rings. The van der Waals surface area contributed by atoms with Gasteiger partial charge in [-0.15, -0.1) is 0 Å². The van der Waals surface area contributed by atoms with Gasteiger partial charge in [-0.05, 0) is 18.3 Å². The second kappa shape index (κ2) is 17.9. The topological polar surface area (TPSA) is 121 Å². The van der Waals surface area contributed by atoms with Crippen LogP contribution in [0.1, 0.15) is 117 Å². The number of hydrogen-bond acceptors (Lipinski definition) is 5. The van der Waals surface area contributed by atoms with Gasteiger partial charge in [0.15, 0.2) is 5.60 Å². The fourth-order valence-corrected chi connectivity index (χ4v) is 4.20. The molecule has 0 rings (SSSR count). The van der Waals surface area contributed by atoms with E-state index in [0.29, 0.717) is 5.92 Å². The number of ether oxygens (including phenoxy) is 1. The quantitative estimate of drug-likeness (QED) is 0.152. The molecule has 188 valence electrons. The summed E-state index contributed by atoms with van der Waals surface area (Å²) in [6.45, 7) is 6.71. The molecule has 0 bridgehead atoms. The number of carboxylic acid groups (broad SMARTS) is 2. The van der Waals surface area contributed by atoms with Gasteiger partial charge in [-0.25, -0.2) is 4.79 Å². The Morgan fingerprint density at radius 1 is 0.750 bits per heavy atom. The number of carbonyl (C=O) groups is 3. The first-order chi connectivity index (χ1) is 15.2. The largest absolute Gasteiger partial charge is 0.481 e. The predicted octanol–water partition coefficient (Wildman–Crippen LogP) is 5.57. The molecule has 0 fully saturated rings. The summed E-state index contributed by atoms with van der Waals surface area (Å²) >= 11 is 0. The van der Waals surface area contributed by atoms with Gasteiger partial charge in [0.05, 0.1) is 19.4 Å². The summed E-state index contributed by atoms with van der Waals surface area (Å²) in [4.78, 5) is 34.4. The molecule has 0 aromatic rings. The summed E-state index contributed by atoms with van der Waals surface area (Å²) in [6, 6.07) is 0. The molecule has 7 heteroatoms. The van der Waals surface area contributed by atoms with Crippen molar-refractivity contribution in [2.75, 3.05) is 6.61 Å². The smallest absolute Gasteiger partial charge is 0.336 e. The van der Waals surface area contributed by atoms with Crippen molar-refractivity contribution >= 4 is 17.9 Å². The van der Waals surface area contributed by atoms with Crippen molar-refractivity contribution in [3.63, 3.8) is 0 Å². The third-order valence-electron chi connectivity index (χ3n) is 6.28. The highest BCUT2D eigenvalue weighted by Crippen LogP contribution is 2.29. The SMILES string of the molecule is CCCCCCCC(CC)C(CCCCCCC)COC(=O)CC(O)(CC(=O)O)C(=O)O. The summed E-state index contributed by atoms with van der Waals surface area (Å²) in [5.74, 6) is -3.48. The van der Waals surface area contributed by atoms with E-state index in [1.165, 1.54) is 44.9 Å². The second-order valence-corrected chi connectivity index (χ2v) is 9.10. The van der Waals surface area contributed by atoms with E-state index in [1.54, 1.807) is 0 Å². The second-order valence-electron chi connectivity index (χ2n) is 9.10. The lowest BCUT2D eigenvalue weighted by Gasteiger charge is -2.27. The maximum atomic E-state index is 12.3. The number of aliphatic hydroxyl groups is 1. The van der Waals surface area contributed by atoms with Gasteiger partial charge in [0.1, 0.15) is 0 Å². The lowest BCUT2D eigenvalue weighted by atomic mass is 9.82. The zero-order valence-electron chi connectivity index (χ0n) is 20.4. The molecule has 0 saturated carbocycles. The molecule has 0 saturated heterocycles. The summed E-state index contributed by atoms with van der Waals surface area (Å²) < 4.78 is 5.38. The minimum atomic E-state index is -2.65. The van der Waals surface area contributed by atoms with Crippen molar-refractivity contribution in [3.05, 3.63) is 0 Å². The molecule has 3 atom stereocenters. The van der Waals surface area contributed by atoms with Crippen LogP contribution in [0, 0.1) is 11.8 Å². The first-order valence-electron chi connectivity index (χ1n) is 12.5. The number of unbranched alkanes of at least 4 members (excludes halogenated alkanes) is 8. The van der Waals surface area contributed by atoms with Crippen LogP contribution in [0.3, 0.4) is 0 Å². The van der Waals surface area contributed by atoms with Gasteiger partial charge in [0.25, 0.3) is 0 Å². The molecule has 0 aromatic carbocycles. The van der Waals surface area contributed by atoms with Crippen LogP contribution >= 0.6 is 0 Å². The normalized spacial score (nSPS) is 15.0. The Morgan fingerprint density at radius 2 is 1.25 bits per heavy atom. The highest BCUT2D eigenvalue weighted by atomic mass is 16.5. The molecule has 0 amide bonds. The van der Waals surface area contributed by atoms with E-state index < -0.39 is 36.4 Å². The molecule has 0 aliphatic heterocycles. The number of hydrogen-bond donors (Lipinski definition) is 3. The van der Waals surface area contributed by atoms with Gasteiger partial charge in [-0.2, -0.15) is 0 Å². The van der Waals surface area contributed by atoms with Crippen molar-refractivity contribution in [2.24, 2.45) is 11.8 Å². The Labute approximate surface area is 193 Å². The van der Waals surface area contributed by atoms with Crippen LogP contribution in [0.4, 0.5) is 0 Å². The van der Waals surface area contributed by atoms with E-state index in [9.17, 15) is 19.5 Å². The predicted molar refractivity (Wildman–Crippen MR) is 124 cm³/mol. The Bertz CT molecular complexity index is 534. The van der Waals surface area contributed by atoms with Crippen molar-refractivity contribution in [2.45, 2.75) is 123 Å². The fourth-order valence-electron chi connectivity index (χ4n) is 4.20. The fraction of sp³-hybridized carbons (Fsp3) is 0.880. The molecular formula is C25H46O7. The first kappa shape index (κ1) is 30.4. The summed E-state index contributed by atoms with van der Waals surface area (Å²) in [6.07, 6.45) is 12.9. The van der Waals surface area contributed by atoms with E-state index in [-0.39, 0.29) is 12.5 Å². The average molecular weight is 459 g/mol. The molecule has 3 N–H and O–H groups in total. The van der Waals surface area contributed by atoms with Crippen LogP contribution in [0.2, 0.25) is 0 Å². The van der Waals surface area contributed by atoms with Crippen LogP contribution < -0.4 is 0 Å². The Morgan fingerprint density at radius 3 is 1.69 bits per heavy atom. The van der Waals surface area contributed by atoms with Gasteiger partial charge in [-0.1, -0.05) is 97.8 Å². The van der Waals surface area contributed by atoms with Gasteiger partial charge in [-0.3, -0.25) is 9.59 Å². The Hall–Kier alpha value is -1.63. The van der Waals surface area contributed by atoms with Crippen molar-refractivity contribution < 1.29 is 34.4 Å². The number of rotatable bonds is 21. The molecule has 3 unspecified atom stereocenters. The molecule has 0 aliphatic carbocycles. The molecule has 0 spiro atoms. The molecule has 0 radical (unpaired) electrons. The molecular weight excluding hydrogens is 412 g/mol. The van der Waals surface area contributed by atoms with E-state index in [0.717, 1.165) is 38.5 Å². The summed E-state index contributed by atoms with van der Waals surface area (Å²) in [5.41, 5.74) is -2.65. The van der Waals surface area contributed by atoms with E-state index >= 15 is 0 Å². The standard InChI is InChI=1S/C25H46O7/c1-4-7-9-11-13-15-20(6-3)21(16-14-12-10-8-5-2)19-32-23(28)18-25(31,24(29)30)17-22(26)27/h20-21,31H,4-19H2,1-3H3,(H,26,27)(H,29,30). The Kier molecular flexibility index (Phi) is 17.0. The van der Waals surface area contributed by atoms with Crippen LogP contribution in [-0.4, -0.2) is 45.4 Å². The van der Waals surface area contributed by atoms with E-state index in [2.05, 4.69) is 20.8 Å². The Balaban J connectivity index is 4.91. The molecule has 0 heterocycles. The van der Waals surface area contributed by atoms with E-state index in [1.807, 2.05) is 0 Å². The average Bonchev–Trinajstić information content (AvgIpc) is 2.72. The van der Waals surface area contributed by atoms with Gasteiger partial charge < -0.3 is 20.1 Å². The van der Waals surface area contributed by atoms with Crippen molar-refractivity contribution in [3.8, 4) is 0 Å². The van der Waals surface area contributed by atoms with Crippen LogP contribution in [-0.2, 0) is 19.1 Å².